The van der Waals surface area contributed by atoms with Gasteiger partial charge in [-0.05, 0) is 30.7 Å². The second-order valence-electron chi connectivity index (χ2n) is 6.58. The Hall–Kier alpha value is -2.73. The molecule has 0 aliphatic heterocycles. The van der Waals surface area contributed by atoms with E-state index in [0.29, 0.717) is 24.0 Å². The molecule has 0 fully saturated rings. The number of para-hydroxylation sites is 4. The Kier molecular flexibility index (Phi) is 6.19. The molecule has 27 heavy (non-hydrogen) atoms. The van der Waals surface area contributed by atoms with Crippen molar-refractivity contribution in [2.75, 3.05) is 19.5 Å². The number of nitrogen functional groups attached to an aromatic ring is 1. The van der Waals surface area contributed by atoms with Crippen LogP contribution in [0.5, 0.6) is 11.5 Å². The monoisotopic (exact) mass is 370 g/mol. The minimum atomic E-state index is -0.701. The van der Waals surface area contributed by atoms with Crippen molar-refractivity contribution in [3.05, 3.63) is 48.5 Å². The average Bonchev–Trinajstić information content (AvgIpc) is 2.96. The van der Waals surface area contributed by atoms with Crippen molar-refractivity contribution in [2.24, 2.45) is 0 Å². The van der Waals surface area contributed by atoms with Gasteiger partial charge in [0.1, 0.15) is 30.3 Å². The van der Waals surface area contributed by atoms with Crippen LogP contribution < -0.4 is 19.8 Å². The molecule has 144 valence electrons. The van der Waals surface area contributed by atoms with Crippen LogP contribution in [0, 0.1) is 0 Å². The molecule has 0 bridgehead atoms. The predicted molar refractivity (Wildman–Crippen MR) is 106 cm³/mol. The van der Waals surface area contributed by atoms with E-state index in [2.05, 4.69) is 17.6 Å². The number of aromatic nitrogens is 2. The summed E-state index contributed by atoms with van der Waals surface area (Å²) in [5.41, 5.74) is 8.51. The Bertz CT molecular complexity index is 892. The minimum Gasteiger partial charge on any atom is -0.493 e. The summed E-state index contributed by atoms with van der Waals surface area (Å²) in [6, 6.07) is 15.5. The molecule has 0 radical (unpaired) electrons. The number of methoxy groups -OCH3 is 1. The lowest BCUT2D eigenvalue weighted by Gasteiger charge is -2.14. The van der Waals surface area contributed by atoms with Gasteiger partial charge in [0.25, 0.3) is 0 Å². The highest BCUT2D eigenvalue weighted by Gasteiger charge is 2.22. The van der Waals surface area contributed by atoms with Crippen molar-refractivity contribution in [1.82, 2.24) is 4.57 Å². The van der Waals surface area contributed by atoms with Gasteiger partial charge in [0, 0.05) is 0 Å². The lowest BCUT2D eigenvalue weighted by atomic mass is 10.3. The molecular formula is C21H28N3O3+. The molecule has 3 rings (SSSR count). The van der Waals surface area contributed by atoms with Crippen LogP contribution in [-0.4, -0.2) is 29.5 Å². The second kappa shape index (κ2) is 8.77. The number of aryl methyl sites for hydroxylation is 1. The zero-order valence-corrected chi connectivity index (χ0v) is 16.0. The lowest BCUT2D eigenvalue weighted by molar-refractivity contribution is -0.665. The van der Waals surface area contributed by atoms with Crippen LogP contribution in [0.15, 0.2) is 48.5 Å². The number of aliphatic hydroxyl groups is 1. The summed E-state index contributed by atoms with van der Waals surface area (Å²) in [7, 11) is 1.60. The molecule has 0 amide bonds. The van der Waals surface area contributed by atoms with Crippen LogP contribution in [0.3, 0.4) is 0 Å². The van der Waals surface area contributed by atoms with Crippen LogP contribution in [0.2, 0.25) is 0 Å². The van der Waals surface area contributed by atoms with Gasteiger partial charge in [-0.3, -0.25) is 5.73 Å². The number of fused-ring (bicyclic) bond motifs is 1. The van der Waals surface area contributed by atoms with Gasteiger partial charge < -0.3 is 14.6 Å². The first kappa shape index (κ1) is 19.0. The molecule has 0 aliphatic rings. The smallest absolute Gasteiger partial charge is 0.356 e. The summed E-state index contributed by atoms with van der Waals surface area (Å²) in [6.07, 6.45) is 1.46. The van der Waals surface area contributed by atoms with Gasteiger partial charge in [0.15, 0.2) is 11.5 Å². The van der Waals surface area contributed by atoms with Crippen LogP contribution in [-0.2, 0) is 13.1 Å². The summed E-state index contributed by atoms with van der Waals surface area (Å²) in [5.74, 6) is 1.91. The predicted octanol–water partition coefficient (Wildman–Crippen LogP) is 2.76. The molecule has 6 nitrogen and oxygen atoms in total. The van der Waals surface area contributed by atoms with Crippen LogP contribution in [0.25, 0.3) is 11.0 Å². The van der Waals surface area contributed by atoms with Gasteiger partial charge in [-0.25, -0.2) is 9.13 Å². The maximum absolute atomic E-state index is 10.5. The number of hydrogen-bond donors (Lipinski definition) is 2. The van der Waals surface area contributed by atoms with Crippen molar-refractivity contribution in [3.63, 3.8) is 0 Å². The SMILES string of the molecule is CCCCn1c(N)[n+](CC(O)COc2ccccc2OC)c2ccccc21. The molecule has 0 saturated carbocycles. The molecule has 6 heteroatoms. The van der Waals surface area contributed by atoms with Crippen molar-refractivity contribution >= 4 is 17.0 Å². The number of anilines is 1. The normalized spacial score (nSPS) is 12.3. The van der Waals surface area contributed by atoms with E-state index in [0.717, 1.165) is 30.4 Å². The van der Waals surface area contributed by atoms with Crippen molar-refractivity contribution in [3.8, 4) is 11.5 Å². The summed E-state index contributed by atoms with van der Waals surface area (Å²) in [4.78, 5) is 0. The molecule has 0 saturated heterocycles. The third-order valence-electron chi connectivity index (χ3n) is 4.65. The van der Waals surface area contributed by atoms with Gasteiger partial charge in [-0.15, -0.1) is 0 Å². The minimum absolute atomic E-state index is 0.154. The van der Waals surface area contributed by atoms with Crippen molar-refractivity contribution < 1.29 is 19.1 Å². The lowest BCUT2D eigenvalue weighted by Crippen LogP contribution is -2.43. The average molecular weight is 370 g/mol. The molecular weight excluding hydrogens is 342 g/mol. The van der Waals surface area contributed by atoms with Crippen molar-refractivity contribution in [1.29, 1.82) is 0 Å². The van der Waals surface area contributed by atoms with E-state index in [4.69, 9.17) is 15.2 Å². The summed E-state index contributed by atoms with van der Waals surface area (Å²) < 4.78 is 15.1. The molecule has 1 heterocycles. The number of imidazole rings is 1. The number of unbranched alkanes of at least 4 members (excludes halogenated alkanes) is 1. The van der Waals surface area contributed by atoms with E-state index < -0.39 is 6.10 Å². The zero-order chi connectivity index (χ0) is 19.2. The first-order chi connectivity index (χ1) is 13.2. The van der Waals surface area contributed by atoms with E-state index >= 15 is 0 Å². The van der Waals surface area contributed by atoms with Gasteiger partial charge in [-0.2, -0.15) is 0 Å². The fourth-order valence-electron chi connectivity index (χ4n) is 3.24. The topological polar surface area (TPSA) is 73.5 Å². The third kappa shape index (κ3) is 4.17. The van der Waals surface area contributed by atoms with Gasteiger partial charge in [-0.1, -0.05) is 37.6 Å². The Balaban J connectivity index is 1.76. The molecule has 2 aromatic carbocycles. The maximum atomic E-state index is 10.5. The van der Waals surface area contributed by atoms with E-state index in [-0.39, 0.29) is 6.61 Å². The Labute approximate surface area is 159 Å². The summed E-state index contributed by atoms with van der Waals surface area (Å²) in [6.45, 7) is 3.54. The highest BCUT2D eigenvalue weighted by Crippen LogP contribution is 2.26. The third-order valence-corrected chi connectivity index (χ3v) is 4.65. The van der Waals surface area contributed by atoms with Gasteiger partial charge in [0.2, 0.25) is 0 Å². The number of nitrogens with zero attached hydrogens (tertiary/aromatic N) is 2. The number of hydrogen-bond acceptors (Lipinski definition) is 4. The first-order valence-corrected chi connectivity index (χ1v) is 9.36. The fourth-order valence-corrected chi connectivity index (χ4v) is 3.24. The quantitative estimate of drug-likeness (QED) is 0.568. The standard InChI is InChI=1S/C21H27N3O3/c1-3-4-13-23-17-9-5-6-10-18(17)24(21(23)22)14-16(25)15-27-20-12-8-7-11-19(20)26-2/h5-12,16,22,25H,3-4,13-15H2,1-2H3/p+1. The largest absolute Gasteiger partial charge is 0.493 e. The van der Waals surface area contributed by atoms with E-state index in [1.165, 1.54) is 0 Å². The molecule has 1 atom stereocenters. The molecule has 1 unspecified atom stereocenters. The molecule has 3 N–H and O–H groups in total. The summed E-state index contributed by atoms with van der Waals surface area (Å²) in [5, 5.41) is 10.5. The molecule has 0 spiro atoms. The highest BCUT2D eigenvalue weighted by molar-refractivity contribution is 5.73. The number of rotatable bonds is 9. The summed E-state index contributed by atoms with van der Waals surface area (Å²) >= 11 is 0. The highest BCUT2D eigenvalue weighted by atomic mass is 16.5. The van der Waals surface area contributed by atoms with Gasteiger partial charge >= 0.3 is 5.95 Å². The maximum Gasteiger partial charge on any atom is 0.356 e. The van der Waals surface area contributed by atoms with Gasteiger partial charge in [0.05, 0.1) is 13.7 Å². The number of benzene rings is 2. The Morgan fingerprint density at radius 2 is 1.81 bits per heavy atom. The van der Waals surface area contributed by atoms with Crippen molar-refractivity contribution in [2.45, 2.75) is 39.0 Å². The Morgan fingerprint density at radius 3 is 2.56 bits per heavy atom. The van der Waals surface area contributed by atoms with E-state index in [1.54, 1.807) is 7.11 Å². The number of ether oxygens (including phenoxy) is 2. The first-order valence-electron chi connectivity index (χ1n) is 9.36. The van der Waals surface area contributed by atoms with Crippen LogP contribution in [0.1, 0.15) is 19.8 Å². The Morgan fingerprint density at radius 1 is 1.11 bits per heavy atom. The zero-order valence-electron chi connectivity index (χ0n) is 16.0. The molecule has 1 aromatic heterocycles. The second-order valence-corrected chi connectivity index (χ2v) is 6.58. The van der Waals surface area contributed by atoms with E-state index in [1.807, 2.05) is 47.0 Å². The number of nitrogens with two attached hydrogens (primary N) is 1. The fraction of sp³-hybridized carbons (Fsp3) is 0.381. The van der Waals surface area contributed by atoms with Crippen LogP contribution in [0.4, 0.5) is 5.95 Å². The molecule has 0 aliphatic carbocycles. The molecule has 3 aromatic rings. The van der Waals surface area contributed by atoms with E-state index in [9.17, 15) is 5.11 Å². The number of aliphatic hydroxyl groups excluding tert-OH is 1. The van der Waals surface area contributed by atoms with Crippen LogP contribution >= 0.6 is 0 Å².